The van der Waals surface area contributed by atoms with Crippen LogP contribution in [0, 0.1) is 5.92 Å². The van der Waals surface area contributed by atoms with Gasteiger partial charge in [-0.05, 0) is 71.8 Å². The lowest BCUT2D eigenvalue weighted by Gasteiger charge is -2.34. The molecule has 0 aliphatic carbocycles. The molecule has 0 aromatic heterocycles. The van der Waals surface area contributed by atoms with Crippen LogP contribution in [-0.4, -0.2) is 67.3 Å². The zero-order valence-corrected chi connectivity index (χ0v) is 13.1. The lowest BCUT2D eigenvalue weighted by atomic mass is 9.92. The summed E-state index contributed by atoms with van der Waals surface area (Å²) in [7, 11) is 4.32. The van der Waals surface area contributed by atoms with E-state index in [0.717, 1.165) is 31.7 Å². The standard InChI is InChI=1S/C15H33N3O/c1-4-15(16,13-19)8-5-9-18-10-6-14(7-11-18)12-17(2)3/h14,19H,4-13,16H2,1-3H3. The zero-order chi connectivity index (χ0) is 14.3. The van der Waals surface area contributed by atoms with E-state index >= 15 is 0 Å². The molecule has 1 aliphatic rings. The highest BCUT2D eigenvalue weighted by atomic mass is 16.3. The molecule has 0 spiro atoms. The SMILES string of the molecule is CCC(N)(CO)CCCN1CCC(CN(C)C)CC1. The molecular weight excluding hydrogens is 238 g/mol. The topological polar surface area (TPSA) is 52.7 Å². The van der Waals surface area contributed by atoms with Crippen LogP contribution in [0.1, 0.15) is 39.0 Å². The quantitative estimate of drug-likeness (QED) is 0.695. The van der Waals surface area contributed by atoms with E-state index in [4.69, 9.17) is 5.73 Å². The normalized spacial score (nSPS) is 21.8. The van der Waals surface area contributed by atoms with Crippen LogP contribution < -0.4 is 5.73 Å². The summed E-state index contributed by atoms with van der Waals surface area (Å²) >= 11 is 0. The number of aliphatic hydroxyl groups is 1. The molecule has 0 aromatic rings. The summed E-state index contributed by atoms with van der Waals surface area (Å²) in [4.78, 5) is 4.85. The summed E-state index contributed by atoms with van der Waals surface area (Å²) in [5, 5.41) is 9.30. The molecule has 4 heteroatoms. The Morgan fingerprint density at radius 3 is 2.42 bits per heavy atom. The number of piperidine rings is 1. The molecule has 0 radical (unpaired) electrons. The van der Waals surface area contributed by atoms with Crippen LogP contribution in [0.2, 0.25) is 0 Å². The third kappa shape index (κ3) is 6.21. The summed E-state index contributed by atoms with van der Waals surface area (Å²) in [6.07, 6.45) is 5.52. The average Bonchev–Trinajstić information content (AvgIpc) is 2.40. The minimum atomic E-state index is -0.358. The van der Waals surface area contributed by atoms with E-state index < -0.39 is 0 Å². The summed E-state index contributed by atoms with van der Waals surface area (Å²) in [6, 6.07) is 0. The van der Waals surface area contributed by atoms with Gasteiger partial charge in [-0.15, -0.1) is 0 Å². The van der Waals surface area contributed by atoms with E-state index in [9.17, 15) is 5.11 Å². The van der Waals surface area contributed by atoms with Crippen LogP contribution in [0.3, 0.4) is 0 Å². The van der Waals surface area contributed by atoms with Crippen molar-refractivity contribution in [1.82, 2.24) is 9.80 Å². The van der Waals surface area contributed by atoms with E-state index in [1.807, 2.05) is 0 Å². The molecule has 19 heavy (non-hydrogen) atoms. The van der Waals surface area contributed by atoms with Crippen molar-refractivity contribution in [3.05, 3.63) is 0 Å². The van der Waals surface area contributed by atoms with Gasteiger partial charge >= 0.3 is 0 Å². The van der Waals surface area contributed by atoms with Crippen molar-refractivity contribution in [3.63, 3.8) is 0 Å². The van der Waals surface area contributed by atoms with Crippen LogP contribution in [0.5, 0.6) is 0 Å². The Kier molecular flexibility index (Phi) is 7.29. The van der Waals surface area contributed by atoms with Gasteiger partial charge in [0.05, 0.1) is 6.61 Å². The second kappa shape index (κ2) is 8.20. The Hall–Kier alpha value is -0.160. The van der Waals surface area contributed by atoms with Crippen molar-refractivity contribution in [2.45, 2.75) is 44.6 Å². The van der Waals surface area contributed by atoms with Crippen molar-refractivity contribution in [2.24, 2.45) is 11.7 Å². The van der Waals surface area contributed by atoms with Gasteiger partial charge in [0.15, 0.2) is 0 Å². The van der Waals surface area contributed by atoms with E-state index in [1.54, 1.807) is 0 Å². The van der Waals surface area contributed by atoms with Crippen LogP contribution in [0.25, 0.3) is 0 Å². The first-order valence-corrected chi connectivity index (χ1v) is 7.76. The summed E-state index contributed by atoms with van der Waals surface area (Å²) in [5.41, 5.74) is 5.76. The first kappa shape index (κ1) is 16.9. The molecule has 114 valence electrons. The molecular formula is C15H33N3O. The Morgan fingerprint density at radius 2 is 1.95 bits per heavy atom. The largest absolute Gasteiger partial charge is 0.394 e. The fraction of sp³-hybridized carbons (Fsp3) is 1.00. The highest BCUT2D eigenvalue weighted by molar-refractivity contribution is 4.82. The molecule has 3 N–H and O–H groups in total. The lowest BCUT2D eigenvalue weighted by Crippen LogP contribution is -2.44. The van der Waals surface area contributed by atoms with Gasteiger partial charge in [-0.25, -0.2) is 0 Å². The first-order valence-electron chi connectivity index (χ1n) is 7.76. The minimum Gasteiger partial charge on any atom is -0.394 e. The fourth-order valence-electron chi connectivity index (χ4n) is 2.93. The number of hydrogen-bond donors (Lipinski definition) is 2. The fourth-order valence-corrected chi connectivity index (χ4v) is 2.93. The molecule has 1 saturated heterocycles. The van der Waals surface area contributed by atoms with Gasteiger partial charge in [0.1, 0.15) is 0 Å². The highest BCUT2D eigenvalue weighted by Crippen LogP contribution is 2.19. The van der Waals surface area contributed by atoms with E-state index in [2.05, 4.69) is 30.8 Å². The van der Waals surface area contributed by atoms with Gasteiger partial charge < -0.3 is 20.6 Å². The molecule has 1 aliphatic heterocycles. The number of rotatable bonds is 8. The third-order valence-electron chi connectivity index (χ3n) is 4.50. The predicted molar refractivity (Wildman–Crippen MR) is 81.2 cm³/mol. The second-order valence-electron chi connectivity index (χ2n) is 6.52. The zero-order valence-electron chi connectivity index (χ0n) is 13.1. The third-order valence-corrected chi connectivity index (χ3v) is 4.50. The Morgan fingerprint density at radius 1 is 1.32 bits per heavy atom. The predicted octanol–water partition coefficient (Wildman–Crippen LogP) is 1.14. The lowest BCUT2D eigenvalue weighted by molar-refractivity contribution is 0.145. The highest BCUT2D eigenvalue weighted by Gasteiger charge is 2.23. The summed E-state index contributed by atoms with van der Waals surface area (Å²) in [6.45, 7) is 6.97. The summed E-state index contributed by atoms with van der Waals surface area (Å²) < 4.78 is 0. The first-order chi connectivity index (χ1) is 8.99. The van der Waals surface area contributed by atoms with Crippen molar-refractivity contribution in [1.29, 1.82) is 0 Å². The molecule has 0 saturated carbocycles. The maximum absolute atomic E-state index is 9.30. The molecule has 1 atom stereocenters. The smallest absolute Gasteiger partial charge is 0.0611 e. The maximum Gasteiger partial charge on any atom is 0.0611 e. The Labute approximate surface area is 118 Å². The van der Waals surface area contributed by atoms with Gasteiger partial charge in [-0.1, -0.05) is 6.92 Å². The van der Waals surface area contributed by atoms with Crippen LogP contribution >= 0.6 is 0 Å². The molecule has 4 nitrogen and oxygen atoms in total. The van der Waals surface area contributed by atoms with Crippen LogP contribution in [0.15, 0.2) is 0 Å². The second-order valence-corrected chi connectivity index (χ2v) is 6.52. The summed E-state index contributed by atoms with van der Waals surface area (Å²) in [5.74, 6) is 0.868. The van der Waals surface area contributed by atoms with E-state index in [0.29, 0.717) is 0 Å². The number of likely N-dealkylation sites (tertiary alicyclic amines) is 1. The van der Waals surface area contributed by atoms with Gasteiger partial charge in [0.25, 0.3) is 0 Å². The van der Waals surface area contributed by atoms with Crippen LogP contribution in [-0.2, 0) is 0 Å². The Balaban J connectivity index is 2.16. The van der Waals surface area contributed by atoms with Gasteiger partial charge in [-0.2, -0.15) is 0 Å². The van der Waals surface area contributed by atoms with Crippen molar-refractivity contribution in [3.8, 4) is 0 Å². The Bertz CT molecular complexity index is 234. The van der Waals surface area contributed by atoms with Gasteiger partial charge in [-0.3, -0.25) is 0 Å². The molecule has 1 rings (SSSR count). The minimum absolute atomic E-state index is 0.106. The van der Waals surface area contributed by atoms with Crippen molar-refractivity contribution in [2.75, 3.05) is 46.9 Å². The van der Waals surface area contributed by atoms with Crippen LogP contribution in [0.4, 0.5) is 0 Å². The molecule has 1 fully saturated rings. The maximum atomic E-state index is 9.30. The van der Waals surface area contributed by atoms with Crippen molar-refractivity contribution >= 4 is 0 Å². The molecule has 0 aromatic carbocycles. The molecule has 1 unspecified atom stereocenters. The number of nitrogens with zero attached hydrogens (tertiary/aromatic N) is 2. The van der Waals surface area contributed by atoms with Gasteiger partial charge in [0.2, 0.25) is 0 Å². The molecule has 1 heterocycles. The van der Waals surface area contributed by atoms with E-state index in [1.165, 1.54) is 32.5 Å². The van der Waals surface area contributed by atoms with E-state index in [-0.39, 0.29) is 12.1 Å². The average molecular weight is 271 g/mol. The number of aliphatic hydroxyl groups excluding tert-OH is 1. The molecule has 0 amide bonds. The molecule has 0 bridgehead atoms. The number of nitrogens with two attached hydrogens (primary N) is 1. The number of hydrogen-bond acceptors (Lipinski definition) is 4. The van der Waals surface area contributed by atoms with Crippen molar-refractivity contribution < 1.29 is 5.11 Å². The monoisotopic (exact) mass is 271 g/mol. The van der Waals surface area contributed by atoms with Gasteiger partial charge in [0, 0.05) is 12.1 Å².